The molecule has 0 radical (unpaired) electrons. The predicted molar refractivity (Wildman–Crippen MR) is 64.6 cm³/mol. The van der Waals surface area contributed by atoms with Gasteiger partial charge in [0.1, 0.15) is 0 Å². The third kappa shape index (κ3) is 1.09. The van der Waals surface area contributed by atoms with Gasteiger partial charge < -0.3 is 0 Å². The molecule has 0 nitrogen and oxygen atoms in total. The number of rotatable bonds is 0. The smallest absolute Gasteiger partial charge is 0.0236 e. The van der Waals surface area contributed by atoms with Gasteiger partial charge >= 0.3 is 0 Å². The highest BCUT2D eigenvalue weighted by Crippen LogP contribution is 2.75. The number of hydrogen-bond acceptors (Lipinski definition) is 0. The average molecular weight is 206 g/mol. The van der Waals surface area contributed by atoms with Crippen molar-refractivity contribution in [2.24, 2.45) is 34.5 Å². The van der Waals surface area contributed by atoms with Crippen LogP contribution in [0.4, 0.5) is 0 Å². The van der Waals surface area contributed by atoms with Crippen LogP contribution in [0.25, 0.3) is 0 Å². The van der Waals surface area contributed by atoms with Crippen molar-refractivity contribution in [1.82, 2.24) is 0 Å². The SMILES string of the molecule is CC1CCCC2CCC3C(C3(C)C)C12C. The summed E-state index contributed by atoms with van der Waals surface area (Å²) in [6, 6.07) is 0. The minimum atomic E-state index is 0.676. The molecule has 0 heteroatoms. The average Bonchev–Trinajstić information content (AvgIpc) is 2.73. The van der Waals surface area contributed by atoms with Crippen LogP contribution in [0.15, 0.2) is 0 Å². The van der Waals surface area contributed by atoms with Gasteiger partial charge in [-0.1, -0.05) is 40.5 Å². The van der Waals surface area contributed by atoms with E-state index in [0.29, 0.717) is 10.8 Å². The van der Waals surface area contributed by atoms with Gasteiger partial charge in [0, 0.05) is 0 Å². The number of fused-ring (bicyclic) bond motifs is 3. The third-order valence-corrected chi connectivity index (χ3v) is 6.68. The first-order valence-corrected chi connectivity index (χ1v) is 6.99. The third-order valence-electron chi connectivity index (χ3n) is 6.68. The van der Waals surface area contributed by atoms with Gasteiger partial charge in [-0.3, -0.25) is 0 Å². The Morgan fingerprint density at radius 3 is 2.40 bits per heavy atom. The molecule has 0 bridgehead atoms. The minimum Gasteiger partial charge on any atom is -0.0620 e. The molecule has 15 heavy (non-hydrogen) atoms. The molecule has 0 aromatic carbocycles. The van der Waals surface area contributed by atoms with Crippen LogP contribution in [0.2, 0.25) is 0 Å². The molecule has 3 aliphatic rings. The van der Waals surface area contributed by atoms with Crippen LogP contribution >= 0.6 is 0 Å². The van der Waals surface area contributed by atoms with E-state index < -0.39 is 0 Å². The molecule has 0 aliphatic heterocycles. The van der Waals surface area contributed by atoms with E-state index in [0.717, 1.165) is 23.7 Å². The topological polar surface area (TPSA) is 0 Å². The van der Waals surface area contributed by atoms with Gasteiger partial charge in [-0.05, 0) is 53.8 Å². The highest BCUT2D eigenvalue weighted by atomic mass is 14.7. The summed E-state index contributed by atoms with van der Waals surface area (Å²) in [5.74, 6) is 4.16. The lowest BCUT2D eigenvalue weighted by Crippen LogP contribution is -2.42. The number of hydrogen-bond donors (Lipinski definition) is 0. The van der Waals surface area contributed by atoms with E-state index in [9.17, 15) is 0 Å². The molecule has 3 fully saturated rings. The summed E-state index contributed by atoms with van der Waals surface area (Å²) < 4.78 is 0. The Morgan fingerprint density at radius 2 is 1.67 bits per heavy atom. The maximum Gasteiger partial charge on any atom is -0.0236 e. The van der Waals surface area contributed by atoms with Gasteiger partial charge in [-0.25, -0.2) is 0 Å². The molecule has 0 amide bonds. The Hall–Kier alpha value is 0. The zero-order valence-electron chi connectivity index (χ0n) is 10.8. The van der Waals surface area contributed by atoms with Crippen LogP contribution in [-0.4, -0.2) is 0 Å². The van der Waals surface area contributed by atoms with E-state index in [4.69, 9.17) is 0 Å². The van der Waals surface area contributed by atoms with Gasteiger partial charge in [0.2, 0.25) is 0 Å². The minimum absolute atomic E-state index is 0.676. The quantitative estimate of drug-likeness (QED) is 0.547. The molecule has 86 valence electrons. The van der Waals surface area contributed by atoms with Crippen molar-refractivity contribution in [3.8, 4) is 0 Å². The summed E-state index contributed by atoms with van der Waals surface area (Å²) in [6.07, 6.45) is 7.59. The van der Waals surface area contributed by atoms with Gasteiger partial charge in [-0.2, -0.15) is 0 Å². The summed E-state index contributed by atoms with van der Waals surface area (Å²) in [5, 5.41) is 0. The molecular formula is C15H26. The largest absolute Gasteiger partial charge is 0.0620 e. The lowest BCUT2D eigenvalue weighted by atomic mass is 9.55. The van der Waals surface area contributed by atoms with Crippen LogP contribution in [-0.2, 0) is 0 Å². The second-order valence-electron chi connectivity index (χ2n) is 7.38. The lowest BCUT2D eigenvalue weighted by Gasteiger charge is -2.50. The Bertz CT molecular complexity index is 278. The Morgan fingerprint density at radius 1 is 0.933 bits per heavy atom. The summed E-state index contributed by atoms with van der Waals surface area (Å²) in [4.78, 5) is 0. The van der Waals surface area contributed by atoms with Gasteiger partial charge in [0.25, 0.3) is 0 Å². The summed E-state index contributed by atoms with van der Waals surface area (Å²) >= 11 is 0. The first kappa shape index (κ1) is 10.2. The molecular weight excluding hydrogens is 180 g/mol. The lowest BCUT2D eigenvalue weighted by molar-refractivity contribution is -0.00877. The molecule has 3 rings (SSSR count). The summed E-state index contributed by atoms with van der Waals surface area (Å²) in [6.45, 7) is 10.2. The highest BCUT2D eigenvalue weighted by molar-refractivity contribution is 5.17. The van der Waals surface area contributed by atoms with Crippen molar-refractivity contribution in [2.75, 3.05) is 0 Å². The molecule has 5 atom stereocenters. The molecule has 0 spiro atoms. The zero-order valence-corrected chi connectivity index (χ0v) is 10.8. The molecule has 0 saturated heterocycles. The zero-order chi connectivity index (χ0) is 10.8. The molecule has 0 aromatic heterocycles. The van der Waals surface area contributed by atoms with E-state index in [-0.39, 0.29) is 0 Å². The normalized spacial score (nSPS) is 56.8. The van der Waals surface area contributed by atoms with Gasteiger partial charge in [0.05, 0.1) is 0 Å². The van der Waals surface area contributed by atoms with Crippen LogP contribution in [0.3, 0.4) is 0 Å². The predicted octanol–water partition coefficient (Wildman–Crippen LogP) is 4.49. The Balaban J connectivity index is 1.95. The first-order valence-electron chi connectivity index (χ1n) is 6.99. The monoisotopic (exact) mass is 206 g/mol. The summed E-state index contributed by atoms with van der Waals surface area (Å²) in [7, 11) is 0. The molecule has 3 aliphatic carbocycles. The van der Waals surface area contributed by atoms with E-state index >= 15 is 0 Å². The molecule has 3 saturated carbocycles. The van der Waals surface area contributed by atoms with Crippen molar-refractivity contribution in [3.63, 3.8) is 0 Å². The first-order chi connectivity index (χ1) is 6.99. The van der Waals surface area contributed by atoms with E-state index in [1.54, 1.807) is 0 Å². The summed E-state index contributed by atoms with van der Waals surface area (Å²) in [5.41, 5.74) is 1.37. The maximum absolute atomic E-state index is 2.63. The fourth-order valence-corrected chi connectivity index (χ4v) is 5.61. The van der Waals surface area contributed by atoms with Crippen LogP contribution < -0.4 is 0 Å². The van der Waals surface area contributed by atoms with E-state index in [1.807, 2.05) is 0 Å². The van der Waals surface area contributed by atoms with Crippen molar-refractivity contribution in [2.45, 2.75) is 59.8 Å². The molecule has 0 N–H and O–H groups in total. The van der Waals surface area contributed by atoms with Crippen LogP contribution in [0.1, 0.15) is 59.8 Å². The fourth-order valence-electron chi connectivity index (χ4n) is 5.61. The standard InChI is InChI=1S/C15H26/c1-10-6-5-7-11-8-9-12-13(14(12,2)3)15(10,11)4/h10-13H,5-9H2,1-4H3. The van der Waals surface area contributed by atoms with E-state index in [1.165, 1.54) is 32.1 Å². The van der Waals surface area contributed by atoms with Crippen molar-refractivity contribution in [1.29, 1.82) is 0 Å². The molecule has 0 aromatic rings. The molecule has 5 unspecified atom stereocenters. The van der Waals surface area contributed by atoms with E-state index in [2.05, 4.69) is 27.7 Å². The van der Waals surface area contributed by atoms with Crippen molar-refractivity contribution >= 4 is 0 Å². The Labute approximate surface area is 94.8 Å². The Kier molecular flexibility index (Phi) is 1.91. The maximum atomic E-state index is 2.63. The van der Waals surface area contributed by atoms with Crippen LogP contribution in [0, 0.1) is 34.5 Å². The molecule has 0 heterocycles. The van der Waals surface area contributed by atoms with Gasteiger partial charge in [0.15, 0.2) is 0 Å². The second kappa shape index (κ2) is 2.81. The van der Waals surface area contributed by atoms with Crippen LogP contribution in [0.5, 0.6) is 0 Å². The highest BCUT2D eigenvalue weighted by Gasteiger charge is 2.69. The fraction of sp³-hybridized carbons (Fsp3) is 1.00. The van der Waals surface area contributed by atoms with Gasteiger partial charge in [-0.15, -0.1) is 0 Å². The second-order valence-corrected chi connectivity index (χ2v) is 7.38. The van der Waals surface area contributed by atoms with Crippen molar-refractivity contribution in [3.05, 3.63) is 0 Å². The van der Waals surface area contributed by atoms with Crippen molar-refractivity contribution < 1.29 is 0 Å².